The molecule has 1 aliphatic rings. The van der Waals surface area contributed by atoms with Crippen molar-refractivity contribution in [3.8, 4) is 5.75 Å². The van der Waals surface area contributed by atoms with E-state index in [1.807, 2.05) is 13.0 Å². The van der Waals surface area contributed by atoms with E-state index in [1.54, 1.807) is 30.1 Å². The number of rotatable bonds is 4. The van der Waals surface area contributed by atoms with Gasteiger partial charge in [-0.05, 0) is 36.1 Å². The molecule has 22 heavy (non-hydrogen) atoms. The summed E-state index contributed by atoms with van der Waals surface area (Å²) in [5.41, 5.74) is 1.14. The molecule has 1 aromatic heterocycles. The zero-order valence-electron chi connectivity index (χ0n) is 12.0. The molecule has 0 spiro atoms. The zero-order valence-corrected chi connectivity index (χ0v) is 12.8. The van der Waals surface area contributed by atoms with Crippen LogP contribution >= 0.6 is 11.8 Å². The number of ether oxygens (including phenoxy) is 1. The molecule has 0 unspecified atom stereocenters. The van der Waals surface area contributed by atoms with E-state index in [0.29, 0.717) is 23.5 Å². The quantitative estimate of drug-likeness (QED) is 0.880. The number of benzene rings is 1. The van der Waals surface area contributed by atoms with Gasteiger partial charge in [-0.1, -0.05) is 6.92 Å². The predicted octanol–water partition coefficient (Wildman–Crippen LogP) is 3.20. The molecule has 0 saturated heterocycles. The summed E-state index contributed by atoms with van der Waals surface area (Å²) in [6.07, 6.45) is 1.55. The van der Waals surface area contributed by atoms with Crippen LogP contribution in [0.3, 0.4) is 0 Å². The first-order valence-electron chi connectivity index (χ1n) is 6.99. The fourth-order valence-corrected chi connectivity index (χ4v) is 2.88. The van der Waals surface area contributed by atoms with Crippen LogP contribution in [0.4, 0.5) is 4.39 Å². The number of fused-ring (bicyclic) bond motifs is 1. The van der Waals surface area contributed by atoms with E-state index in [-0.39, 0.29) is 17.8 Å². The number of nitrogens with one attached hydrogen (secondary N) is 1. The van der Waals surface area contributed by atoms with Crippen molar-refractivity contribution in [1.29, 1.82) is 0 Å². The number of halogens is 1. The summed E-state index contributed by atoms with van der Waals surface area (Å²) >= 11 is 1.62. The van der Waals surface area contributed by atoms with Crippen molar-refractivity contribution in [2.45, 2.75) is 18.0 Å². The maximum absolute atomic E-state index is 13.3. The molecule has 1 amide bonds. The van der Waals surface area contributed by atoms with Gasteiger partial charge in [-0.25, -0.2) is 9.37 Å². The van der Waals surface area contributed by atoms with Gasteiger partial charge in [0.2, 0.25) is 0 Å². The first-order valence-corrected chi connectivity index (χ1v) is 7.98. The standard InChI is InChI=1S/C16H15FN2O2S/c1-2-22-15-6-3-10(8-18-15)16(20)19-13-9-21-14-5-4-11(17)7-12(13)14/h3-8,13H,2,9H2,1H3,(H,19,20)/t13-/m0/s1. The molecule has 2 heterocycles. The van der Waals surface area contributed by atoms with Gasteiger partial charge in [0.25, 0.3) is 5.91 Å². The Morgan fingerprint density at radius 3 is 3.05 bits per heavy atom. The monoisotopic (exact) mass is 318 g/mol. The van der Waals surface area contributed by atoms with Gasteiger partial charge >= 0.3 is 0 Å². The van der Waals surface area contributed by atoms with Crippen LogP contribution in [0.25, 0.3) is 0 Å². The summed E-state index contributed by atoms with van der Waals surface area (Å²) in [6, 6.07) is 7.53. The van der Waals surface area contributed by atoms with Crippen molar-refractivity contribution in [3.63, 3.8) is 0 Å². The van der Waals surface area contributed by atoms with Gasteiger partial charge in [0.05, 0.1) is 16.6 Å². The van der Waals surface area contributed by atoms with Crippen molar-refractivity contribution in [1.82, 2.24) is 10.3 Å². The first-order chi connectivity index (χ1) is 10.7. The molecule has 0 fully saturated rings. The highest BCUT2D eigenvalue weighted by molar-refractivity contribution is 7.99. The van der Waals surface area contributed by atoms with E-state index < -0.39 is 0 Å². The third-order valence-electron chi connectivity index (χ3n) is 3.35. The van der Waals surface area contributed by atoms with Crippen molar-refractivity contribution in [2.24, 2.45) is 0 Å². The lowest BCUT2D eigenvalue weighted by Gasteiger charge is -2.12. The van der Waals surface area contributed by atoms with E-state index in [0.717, 1.165) is 10.8 Å². The summed E-state index contributed by atoms with van der Waals surface area (Å²) in [5.74, 6) is 0.956. The van der Waals surface area contributed by atoms with Crippen LogP contribution in [0.2, 0.25) is 0 Å². The first kappa shape index (κ1) is 14.8. The number of hydrogen-bond acceptors (Lipinski definition) is 4. The summed E-state index contributed by atoms with van der Waals surface area (Å²) in [4.78, 5) is 16.5. The van der Waals surface area contributed by atoms with Crippen LogP contribution < -0.4 is 10.1 Å². The molecule has 1 atom stereocenters. The van der Waals surface area contributed by atoms with Crippen LogP contribution in [0.15, 0.2) is 41.6 Å². The third kappa shape index (κ3) is 3.06. The second-order valence-corrected chi connectivity index (χ2v) is 6.12. The largest absolute Gasteiger partial charge is 0.491 e. The SMILES string of the molecule is CCSc1ccc(C(=O)N[C@H]2COc3ccc(F)cc32)cn1. The molecule has 6 heteroatoms. The van der Waals surface area contributed by atoms with Gasteiger partial charge < -0.3 is 10.1 Å². The second-order valence-electron chi connectivity index (χ2n) is 4.84. The molecule has 1 N–H and O–H groups in total. The number of carbonyl (C=O) groups is 1. The fourth-order valence-electron chi connectivity index (χ4n) is 2.29. The Labute approximate surface area is 132 Å². The fraction of sp³-hybridized carbons (Fsp3) is 0.250. The molecule has 114 valence electrons. The van der Waals surface area contributed by atoms with Gasteiger partial charge in [-0.2, -0.15) is 0 Å². The Balaban J connectivity index is 1.72. The number of thioether (sulfide) groups is 1. The maximum Gasteiger partial charge on any atom is 0.253 e. The predicted molar refractivity (Wildman–Crippen MR) is 82.7 cm³/mol. The normalized spacial score (nSPS) is 16.0. The highest BCUT2D eigenvalue weighted by Gasteiger charge is 2.26. The van der Waals surface area contributed by atoms with E-state index in [4.69, 9.17) is 4.74 Å². The Morgan fingerprint density at radius 1 is 1.45 bits per heavy atom. The Morgan fingerprint density at radius 2 is 2.32 bits per heavy atom. The summed E-state index contributed by atoms with van der Waals surface area (Å²) < 4.78 is 18.8. The minimum absolute atomic E-state index is 0.244. The number of pyridine rings is 1. The molecule has 1 aromatic carbocycles. The zero-order chi connectivity index (χ0) is 15.5. The maximum atomic E-state index is 13.3. The molecule has 0 aliphatic carbocycles. The molecule has 1 aliphatic heterocycles. The van der Waals surface area contributed by atoms with Gasteiger partial charge in [0, 0.05) is 11.8 Å². The van der Waals surface area contributed by atoms with Crippen molar-refractivity contribution in [3.05, 3.63) is 53.5 Å². The molecular formula is C16H15FN2O2S. The van der Waals surface area contributed by atoms with Gasteiger partial charge in [-0.15, -0.1) is 11.8 Å². The Hall–Kier alpha value is -2.08. The Bertz CT molecular complexity index is 691. The molecule has 0 bridgehead atoms. The molecule has 2 aromatic rings. The minimum atomic E-state index is -0.345. The summed E-state index contributed by atoms with van der Waals surface area (Å²) in [5, 5.41) is 3.74. The summed E-state index contributed by atoms with van der Waals surface area (Å²) in [6.45, 7) is 2.35. The lowest BCUT2D eigenvalue weighted by Crippen LogP contribution is -2.29. The minimum Gasteiger partial charge on any atom is -0.491 e. The van der Waals surface area contributed by atoms with Crippen LogP contribution in [0, 0.1) is 5.82 Å². The number of aromatic nitrogens is 1. The lowest BCUT2D eigenvalue weighted by molar-refractivity contribution is 0.0930. The average molecular weight is 318 g/mol. The topological polar surface area (TPSA) is 51.2 Å². The van der Waals surface area contributed by atoms with Crippen LogP contribution in [0.5, 0.6) is 5.75 Å². The Kier molecular flexibility index (Phi) is 4.29. The smallest absolute Gasteiger partial charge is 0.253 e. The van der Waals surface area contributed by atoms with Crippen molar-refractivity contribution >= 4 is 17.7 Å². The van der Waals surface area contributed by atoms with Gasteiger partial charge in [0.15, 0.2) is 0 Å². The van der Waals surface area contributed by atoms with Crippen LogP contribution in [-0.4, -0.2) is 23.3 Å². The molecule has 0 saturated carbocycles. The second kappa shape index (κ2) is 6.36. The van der Waals surface area contributed by atoms with Crippen LogP contribution in [0.1, 0.15) is 28.9 Å². The molecule has 4 nitrogen and oxygen atoms in total. The van der Waals surface area contributed by atoms with Crippen LogP contribution in [-0.2, 0) is 0 Å². The molecule has 3 rings (SSSR count). The molecular weight excluding hydrogens is 303 g/mol. The third-order valence-corrected chi connectivity index (χ3v) is 4.17. The lowest BCUT2D eigenvalue weighted by atomic mass is 10.1. The van der Waals surface area contributed by atoms with E-state index >= 15 is 0 Å². The number of hydrogen-bond donors (Lipinski definition) is 1. The van der Waals surface area contributed by atoms with Gasteiger partial charge in [0.1, 0.15) is 18.2 Å². The number of carbonyl (C=O) groups excluding carboxylic acids is 1. The van der Waals surface area contributed by atoms with Gasteiger partial charge in [-0.3, -0.25) is 4.79 Å². The van der Waals surface area contributed by atoms with Crippen molar-refractivity contribution < 1.29 is 13.9 Å². The molecule has 0 radical (unpaired) electrons. The highest BCUT2D eigenvalue weighted by Crippen LogP contribution is 2.32. The van der Waals surface area contributed by atoms with Crippen molar-refractivity contribution in [2.75, 3.05) is 12.4 Å². The average Bonchev–Trinajstić information content (AvgIpc) is 2.90. The summed E-state index contributed by atoms with van der Waals surface area (Å²) in [7, 11) is 0. The highest BCUT2D eigenvalue weighted by atomic mass is 32.2. The van der Waals surface area contributed by atoms with E-state index in [2.05, 4.69) is 10.3 Å². The van der Waals surface area contributed by atoms with E-state index in [9.17, 15) is 9.18 Å². The number of nitrogens with zero attached hydrogens (tertiary/aromatic N) is 1. The number of amides is 1. The van der Waals surface area contributed by atoms with E-state index in [1.165, 1.54) is 12.1 Å².